The van der Waals surface area contributed by atoms with E-state index in [-0.39, 0.29) is 11.7 Å². The van der Waals surface area contributed by atoms with Crippen LogP contribution < -0.4 is 5.32 Å². The molecule has 4 aromatic rings. The first kappa shape index (κ1) is 16.8. The molecule has 1 aromatic heterocycles. The number of anilines is 1. The van der Waals surface area contributed by atoms with Crippen LogP contribution >= 0.6 is 0 Å². The van der Waals surface area contributed by atoms with Crippen LogP contribution in [0, 0.1) is 6.92 Å². The standard InChI is InChI=1S/C22H19N3O2/c1-14-11-18(6-9-20(14)24-15(2)26)25-13-23-21-12-17(5-10-22(21)25)16-3-7-19(27)8-4-16/h3-13,27H,1-2H3,(H,24,26). The quantitative estimate of drug-likeness (QED) is 0.560. The highest BCUT2D eigenvalue weighted by atomic mass is 16.3. The van der Waals surface area contributed by atoms with E-state index in [1.807, 2.05) is 60.0 Å². The normalized spacial score (nSPS) is 10.9. The van der Waals surface area contributed by atoms with E-state index in [0.29, 0.717) is 0 Å². The molecule has 0 unspecified atom stereocenters. The van der Waals surface area contributed by atoms with Crippen molar-refractivity contribution in [2.75, 3.05) is 5.32 Å². The maximum Gasteiger partial charge on any atom is 0.221 e. The minimum atomic E-state index is -0.0827. The Hall–Kier alpha value is -3.60. The number of nitrogens with one attached hydrogen (secondary N) is 1. The summed E-state index contributed by atoms with van der Waals surface area (Å²) in [4.78, 5) is 15.8. The van der Waals surface area contributed by atoms with E-state index >= 15 is 0 Å². The Morgan fingerprint density at radius 1 is 1.00 bits per heavy atom. The van der Waals surface area contributed by atoms with Crippen LogP contribution in [0.2, 0.25) is 0 Å². The fourth-order valence-corrected chi connectivity index (χ4v) is 3.18. The van der Waals surface area contributed by atoms with Gasteiger partial charge in [0, 0.05) is 18.3 Å². The zero-order valence-electron chi connectivity index (χ0n) is 15.1. The smallest absolute Gasteiger partial charge is 0.221 e. The average molecular weight is 357 g/mol. The summed E-state index contributed by atoms with van der Waals surface area (Å²) in [5.41, 5.74) is 6.76. The number of aromatic hydroxyl groups is 1. The van der Waals surface area contributed by atoms with Crippen LogP contribution in [0.4, 0.5) is 5.69 Å². The lowest BCUT2D eigenvalue weighted by Gasteiger charge is -2.10. The lowest BCUT2D eigenvalue weighted by molar-refractivity contribution is -0.114. The third kappa shape index (κ3) is 3.27. The number of fused-ring (bicyclic) bond motifs is 1. The van der Waals surface area contributed by atoms with Gasteiger partial charge in [-0.25, -0.2) is 4.98 Å². The second-order valence-electron chi connectivity index (χ2n) is 6.55. The molecule has 0 saturated carbocycles. The van der Waals surface area contributed by atoms with Crippen LogP contribution in [0.3, 0.4) is 0 Å². The van der Waals surface area contributed by atoms with Crippen molar-refractivity contribution in [1.29, 1.82) is 0 Å². The number of benzene rings is 3. The molecule has 2 N–H and O–H groups in total. The molecule has 0 radical (unpaired) electrons. The average Bonchev–Trinajstić information content (AvgIpc) is 3.07. The molecule has 1 amide bonds. The molecule has 27 heavy (non-hydrogen) atoms. The Balaban J connectivity index is 1.72. The largest absolute Gasteiger partial charge is 0.508 e. The van der Waals surface area contributed by atoms with E-state index in [9.17, 15) is 9.90 Å². The zero-order chi connectivity index (χ0) is 19.0. The number of imidazole rings is 1. The molecule has 4 rings (SSSR count). The van der Waals surface area contributed by atoms with Crippen LogP contribution in [0.25, 0.3) is 27.8 Å². The van der Waals surface area contributed by atoms with Gasteiger partial charge in [0.25, 0.3) is 0 Å². The van der Waals surface area contributed by atoms with Crippen LogP contribution in [-0.2, 0) is 4.79 Å². The van der Waals surface area contributed by atoms with E-state index in [1.54, 1.807) is 18.5 Å². The number of rotatable bonds is 3. The molecule has 0 fully saturated rings. The number of amides is 1. The molecule has 3 aromatic carbocycles. The molecule has 5 heteroatoms. The van der Waals surface area contributed by atoms with Crippen molar-refractivity contribution >= 4 is 22.6 Å². The van der Waals surface area contributed by atoms with Crippen molar-refractivity contribution in [1.82, 2.24) is 9.55 Å². The number of hydrogen-bond donors (Lipinski definition) is 2. The summed E-state index contributed by atoms with van der Waals surface area (Å²) in [5.74, 6) is 0.169. The number of hydrogen-bond acceptors (Lipinski definition) is 3. The summed E-state index contributed by atoms with van der Waals surface area (Å²) in [7, 11) is 0. The first-order chi connectivity index (χ1) is 13.0. The molecule has 0 aliphatic rings. The number of nitrogens with zero attached hydrogens (tertiary/aromatic N) is 2. The number of aryl methyl sites for hydroxylation is 1. The van der Waals surface area contributed by atoms with Gasteiger partial charge in [-0.2, -0.15) is 0 Å². The van der Waals surface area contributed by atoms with Crippen molar-refractivity contribution in [3.05, 3.63) is 72.6 Å². The first-order valence-corrected chi connectivity index (χ1v) is 8.66. The van der Waals surface area contributed by atoms with Gasteiger partial charge in [0.15, 0.2) is 0 Å². The Bertz CT molecular complexity index is 1140. The molecule has 0 atom stereocenters. The fraction of sp³-hybridized carbons (Fsp3) is 0.0909. The molecule has 0 saturated heterocycles. The Morgan fingerprint density at radius 2 is 1.74 bits per heavy atom. The Kier molecular flexibility index (Phi) is 4.12. The van der Waals surface area contributed by atoms with Gasteiger partial charge in [-0.15, -0.1) is 0 Å². The number of phenolic OH excluding ortho intramolecular Hbond substituents is 1. The molecule has 1 heterocycles. The summed E-state index contributed by atoms with van der Waals surface area (Å²) >= 11 is 0. The Labute approximate surface area is 156 Å². The van der Waals surface area contributed by atoms with Gasteiger partial charge in [-0.1, -0.05) is 18.2 Å². The minimum absolute atomic E-state index is 0.0827. The molecular weight excluding hydrogens is 338 g/mol. The van der Waals surface area contributed by atoms with Crippen molar-refractivity contribution in [2.24, 2.45) is 0 Å². The van der Waals surface area contributed by atoms with Crippen molar-refractivity contribution < 1.29 is 9.90 Å². The van der Waals surface area contributed by atoms with E-state index in [2.05, 4.69) is 10.3 Å². The lowest BCUT2D eigenvalue weighted by Crippen LogP contribution is -2.07. The van der Waals surface area contributed by atoms with E-state index in [4.69, 9.17) is 0 Å². The summed E-state index contributed by atoms with van der Waals surface area (Å²) in [6.45, 7) is 3.47. The van der Waals surface area contributed by atoms with E-state index in [0.717, 1.165) is 39.1 Å². The summed E-state index contributed by atoms with van der Waals surface area (Å²) in [6, 6.07) is 19.2. The molecule has 0 spiro atoms. The Morgan fingerprint density at radius 3 is 2.44 bits per heavy atom. The van der Waals surface area contributed by atoms with Crippen LogP contribution in [-0.4, -0.2) is 20.6 Å². The van der Waals surface area contributed by atoms with Gasteiger partial charge < -0.3 is 10.4 Å². The van der Waals surface area contributed by atoms with E-state index < -0.39 is 0 Å². The van der Waals surface area contributed by atoms with Crippen LogP contribution in [0.1, 0.15) is 12.5 Å². The van der Waals surface area contributed by atoms with E-state index in [1.165, 1.54) is 6.92 Å². The summed E-state index contributed by atoms with van der Waals surface area (Å²) in [6.07, 6.45) is 1.80. The number of aromatic nitrogens is 2. The summed E-state index contributed by atoms with van der Waals surface area (Å²) < 4.78 is 2.03. The predicted molar refractivity (Wildman–Crippen MR) is 107 cm³/mol. The fourth-order valence-electron chi connectivity index (χ4n) is 3.18. The predicted octanol–water partition coefficient (Wildman–Crippen LogP) is 4.66. The second kappa shape index (κ2) is 6.61. The van der Waals surface area contributed by atoms with Crippen molar-refractivity contribution in [3.63, 3.8) is 0 Å². The highest BCUT2D eigenvalue weighted by Crippen LogP contribution is 2.27. The van der Waals surface area contributed by atoms with Crippen molar-refractivity contribution in [2.45, 2.75) is 13.8 Å². The van der Waals surface area contributed by atoms with Gasteiger partial charge in [-0.05, 0) is 66.1 Å². The topological polar surface area (TPSA) is 67.2 Å². The lowest BCUT2D eigenvalue weighted by atomic mass is 10.0. The molecule has 0 bridgehead atoms. The van der Waals surface area contributed by atoms with Gasteiger partial charge in [0.2, 0.25) is 5.91 Å². The van der Waals surface area contributed by atoms with Gasteiger partial charge in [-0.3, -0.25) is 9.36 Å². The third-order valence-electron chi connectivity index (χ3n) is 4.55. The van der Waals surface area contributed by atoms with Crippen LogP contribution in [0.15, 0.2) is 67.0 Å². The minimum Gasteiger partial charge on any atom is -0.508 e. The highest BCUT2D eigenvalue weighted by molar-refractivity contribution is 5.90. The molecule has 5 nitrogen and oxygen atoms in total. The molecule has 134 valence electrons. The summed E-state index contributed by atoms with van der Waals surface area (Å²) in [5, 5.41) is 12.3. The van der Waals surface area contributed by atoms with Crippen molar-refractivity contribution in [3.8, 4) is 22.6 Å². The van der Waals surface area contributed by atoms with Gasteiger partial charge >= 0.3 is 0 Å². The molecule has 0 aliphatic heterocycles. The first-order valence-electron chi connectivity index (χ1n) is 8.66. The monoisotopic (exact) mass is 357 g/mol. The van der Waals surface area contributed by atoms with Crippen LogP contribution in [0.5, 0.6) is 5.75 Å². The maximum atomic E-state index is 11.3. The molecule has 0 aliphatic carbocycles. The number of phenols is 1. The van der Waals surface area contributed by atoms with Gasteiger partial charge in [0.05, 0.1) is 11.0 Å². The second-order valence-corrected chi connectivity index (χ2v) is 6.55. The van der Waals surface area contributed by atoms with Gasteiger partial charge in [0.1, 0.15) is 12.1 Å². The maximum absolute atomic E-state index is 11.3. The number of carbonyl (C=O) groups excluding carboxylic acids is 1. The molecular formula is C22H19N3O2. The SMILES string of the molecule is CC(=O)Nc1ccc(-n2cnc3cc(-c4ccc(O)cc4)ccc32)cc1C. The number of carbonyl (C=O) groups is 1. The third-order valence-corrected chi connectivity index (χ3v) is 4.55. The zero-order valence-corrected chi connectivity index (χ0v) is 15.1. The highest BCUT2D eigenvalue weighted by Gasteiger charge is 2.09.